The molecule has 0 radical (unpaired) electrons. The second kappa shape index (κ2) is 9.82. The molecule has 0 aromatic rings. The highest BCUT2D eigenvalue weighted by molar-refractivity contribution is 5.70. The monoisotopic (exact) mass is 342 g/mol. The van der Waals surface area contributed by atoms with Crippen molar-refractivity contribution in [2.24, 2.45) is 5.73 Å². The number of hydrogen-bond donors (Lipinski definition) is 2. The minimum Gasteiger partial charge on any atom is -0.376 e. The molecule has 0 aromatic heterocycles. The zero-order valence-electron chi connectivity index (χ0n) is 14.0. The minimum absolute atomic E-state index is 0.0288. The second-order valence-corrected chi connectivity index (χ2v) is 6.42. The van der Waals surface area contributed by atoms with Crippen molar-refractivity contribution in [1.29, 1.82) is 0 Å². The largest absolute Gasteiger partial charge is 0.376 e. The third-order valence-electron chi connectivity index (χ3n) is 4.44. The van der Waals surface area contributed by atoms with Gasteiger partial charge in [-0.2, -0.15) is 0 Å². The number of hydroxylamine groups is 2. The second-order valence-electron chi connectivity index (χ2n) is 6.42. The van der Waals surface area contributed by atoms with Gasteiger partial charge in [-0.25, -0.2) is 14.2 Å². The van der Waals surface area contributed by atoms with E-state index in [0.29, 0.717) is 30.9 Å². The molecule has 1 aliphatic heterocycles. The lowest BCUT2D eigenvalue weighted by Crippen LogP contribution is -2.33. The predicted octanol–water partition coefficient (Wildman–Crippen LogP) is 2.38. The molecule has 2 aliphatic rings. The molecule has 24 heavy (non-hydrogen) atoms. The first-order valence-corrected chi connectivity index (χ1v) is 8.70. The average Bonchev–Trinajstić information content (AvgIpc) is 2.58. The summed E-state index contributed by atoms with van der Waals surface area (Å²) in [6.45, 7) is 0.616. The first kappa shape index (κ1) is 19.0. The van der Waals surface area contributed by atoms with Crippen LogP contribution in [0.5, 0.6) is 0 Å². The van der Waals surface area contributed by atoms with Crippen molar-refractivity contribution in [2.75, 3.05) is 13.2 Å². The molecule has 1 saturated carbocycles. The Morgan fingerprint density at radius 1 is 1.29 bits per heavy atom. The van der Waals surface area contributed by atoms with Gasteiger partial charge in [-0.15, -0.1) is 0 Å². The normalized spacial score (nSPS) is 30.2. The SMILES string of the molecule is NC(=O)N(O)CCC#C[C@@H]1CCC[C@@H](COC2CCC(F)CC2)O1. The number of nitrogens with zero attached hydrogens (tertiary/aromatic N) is 1. The van der Waals surface area contributed by atoms with Crippen molar-refractivity contribution in [3.63, 3.8) is 0 Å². The summed E-state index contributed by atoms with van der Waals surface area (Å²) in [7, 11) is 0. The Kier molecular flexibility index (Phi) is 7.76. The molecule has 2 amide bonds. The molecule has 0 bridgehead atoms. The van der Waals surface area contributed by atoms with E-state index < -0.39 is 12.2 Å². The summed E-state index contributed by atoms with van der Waals surface area (Å²) in [5, 5.41) is 9.58. The van der Waals surface area contributed by atoms with Crippen LogP contribution in [0.3, 0.4) is 0 Å². The minimum atomic E-state index is -0.885. The number of nitrogens with two attached hydrogens (primary N) is 1. The molecule has 3 N–H and O–H groups in total. The number of amides is 2. The van der Waals surface area contributed by atoms with E-state index in [-0.39, 0.29) is 24.9 Å². The number of hydrogen-bond acceptors (Lipinski definition) is 4. The summed E-state index contributed by atoms with van der Waals surface area (Å²) in [4.78, 5) is 10.6. The number of halogens is 1. The van der Waals surface area contributed by atoms with Crippen LogP contribution in [-0.2, 0) is 9.47 Å². The molecule has 136 valence electrons. The summed E-state index contributed by atoms with van der Waals surface area (Å²) < 4.78 is 24.9. The summed E-state index contributed by atoms with van der Waals surface area (Å²) in [6, 6.07) is -0.885. The standard InChI is InChI=1S/C17H27FN2O4/c18-13-7-9-14(10-8-13)23-12-16-6-3-5-15(24-16)4-1-2-11-20(22)17(19)21/h13-16,22H,2-3,5-12H2,(H2,19,21)/t13?,14?,15-,16+/m1/s1. The third kappa shape index (κ3) is 6.63. The quantitative estimate of drug-likeness (QED) is 0.456. The van der Waals surface area contributed by atoms with Crippen LogP contribution in [0.15, 0.2) is 0 Å². The average molecular weight is 342 g/mol. The van der Waals surface area contributed by atoms with E-state index in [4.69, 9.17) is 20.4 Å². The van der Waals surface area contributed by atoms with Gasteiger partial charge in [0.25, 0.3) is 0 Å². The summed E-state index contributed by atoms with van der Waals surface area (Å²) in [5.41, 5.74) is 4.91. The van der Waals surface area contributed by atoms with Crippen molar-refractivity contribution in [1.82, 2.24) is 5.06 Å². The Bertz CT molecular complexity index is 457. The van der Waals surface area contributed by atoms with Crippen molar-refractivity contribution in [3.8, 4) is 11.8 Å². The summed E-state index contributed by atoms with van der Waals surface area (Å²) >= 11 is 0. The smallest absolute Gasteiger partial charge is 0.338 e. The van der Waals surface area contributed by atoms with Gasteiger partial charge in [0.1, 0.15) is 12.3 Å². The Morgan fingerprint density at radius 2 is 2.04 bits per heavy atom. The number of carbonyl (C=O) groups is 1. The van der Waals surface area contributed by atoms with Crippen LogP contribution in [0.25, 0.3) is 0 Å². The zero-order chi connectivity index (χ0) is 17.4. The van der Waals surface area contributed by atoms with E-state index in [1.807, 2.05) is 0 Å². The molecule has 1 saturated heterocycles. The van der Waals surface area contributed by atoms with Gasteiger partial charge in [0.05, 0.1) is 25.4 Å². The van der Waals surface area contributed by atoms with E-state index in [1.165, 1.54) is 0 Å². The first-order chi connectivity index (χ1) is 11.5. The highest BCUT2D eigenvalue weighted by Crippen LogP contribution is 2.25. The number of alkyl halides is 1. The number of urea groups is 1. The number of carbonyl (C=O) groups excluding carboxylic acids is 1. The molecular formula is C17H27FN2O4. The zero-order valence-corrected chi connectivity index (χ0v) is 14.0. The van der Waals surface area contributed by atoms with Gasteiger partial charge in [0.2, 0.25) is 0 Å². The molecule has 7 heteroatoms. The van der Waals surface area contributed by atoms with Gasteiger partial charge in [0.15, 0.2) is 0 Å². The van der Waals surface area contributed by atoms with Crippen molar-refractivity contribution in [3.05, 3.63) is 0 Å². The van der Waals surface area contributed by atoms with E-state index in [2.05, 4.69) is 11.8 Å². The van der Waals surface area contributed by atoms with Crippen LogP contribution in [0.4, 0.5) is 9.18 Å². The lowest BCUT2D eigenvalue weighted by molar-refractivity contribution is -0.0902. The lowest BCUT2D eigenvalue weighted by atomic mass is 9.96. The summed E-state index contributed by atoms with van der Waals surface area (Å²) in [5.74, 6) is 5.93. The number of primary amides is 1. The molecule has 0 aromatic carbocycles. The van der Waals surface area contributed by atoms with Crippen LogP contribution in [0.2, 0.25) is 0 Å². The van der Waals surface area contributed by atoms with Crippen molar-refractivity contribution < 1.29 is 23.9 Å². The molecule has 2 atom stereocenters. The maximum Gasteiger partial charge on any atom is 0.338 e. The Labute approximate surface area is 142 Å². The Hall–Kier alpha value is -1.36. The van der Waals surface area contributed by atoms with Crippen LogP contribution in [0.1, 0.15) is 51.4 Å². The molecule has 1 heterocycles. The fraction of sp³-hybridized carbons (Fsp3) is 0.824. The lowest BCUT2D eigenvalue weighted by Gasteiger charge is -2.30. The van der Waals surface area contributed by atoms with E-state index in [1.54, 1.807) is 0 Å². The van der Waals surface area contributed by atoms with Gasteiger partial charge in [-0.05, 0) is 44.9 Å². The van der Waals surface area contributed by atoms with Crippen molar-refractivity contribution in [2.45, 2.75) is 75.9 Å². The number of ether oxygens (including phenoxy) is 2. The van der Waals surface area contributed by atoms with E-state index >= 15 is 0 Å². The molecular weight excluding hydrogens is 315 g/mol. The van der Waals surface area contributed by atoms with Gasteiger partial charge < -0.3 is 15.2 Å². The topological polar surface area (TPSA) is 85.0 Å². The number of rotatable bonds is 5. The van der Waals surface area contributed by atoms with Crippen LogP contribution in [-0.4, -0.2) is 53.9 Å². The highest BCUT2D eigenvalue weighted by atomic mass is 19.1. The van der Waals surface area contributed by atoms with E-state index in [0.717, 1.165) is 32.1 Å². The third-order valence-corrected chi connectivity index (χ3v) is 4.44. The van der Waals surface area contributed by atoms with Gasteiger partial charge in [-0.3, -0.25) is 5.21 Å². The van der Waals surface area contributed by atoms with Crippen LogP contribution in [0, 0.1) is 11.8 Å². The predicted molar refractivity (Wildman–Crippen MR) is 86.1 cm³/mol. The highest BCUT2D eigenvalue weighted by Gasteiger charge is 2.25. The fourth-order valence-electron chi connectivity index (χ4n) is 3.02. The van der Waals surface area contributed by atoms with Gasteiger partial charge in [0, 0.05) is 6.42 Å². The first-order valence-electron chi connectivity index (χ1n) is 8.70. The molecule has 2 fully saturated rings. The maximum atomic E-state index is 13.1. The fourth-order valence-corrected chi connectivity index (χ4v) is 3.02. The molecule has 0 unspecified atom stereocenters. The molecule has 0 spiro atoms. The molecule has 2 rings (SSSR count). The maximum absolute atomic E-state index is 13.1. The van der Waals surface area contributed by atoms with Crippen LogP contribution < -0.4 is 5.73 Å². The van der Waals surface area contributed by atoms with Gasteiger partial charge in [-0.1, -0.05) is 11.8 Å². The Balaban J connectivity index is 1.65. The van der Waals surface area contributed by atoms with Crippen LogP contribution >= 0.6 is 0 Å². The molecule has 6 nitrogen and oxygen atoms in total. The van der Waals surface area contributed by atoms with Gasteiger partial charge >= 0.3 is 6.03 Å². The van der Waals surface area contributed by atoms with E-state index in [9.17, 15) is 9.18 Å². The molecule has 1 aliphatic carbocycles. The summed E-state index contributed by atoms with van der Waals surface area (Å²) in [6.07, 6.45) is 5.31. The Morgan fingerprint density at radius 3 is 2.75 bits per heavy atom. The van der Waals surface area contributed by atoms with Crippen molar-refractivity contribution >= 4 is 6.03 Å².